The highest BCUT2D eigenvalue weighted by Gasteiger charge is 2.47. The molecule has 0 aromatic heterocycles. The second-order valence-electron chi connectivity index (χ2n) is 7.51. The van der Waals surface area contributed by atoms with E-state index in [2.05, 4.69) is 0 Å². The summed E-state index contributed by atoms with van der Waals surface area (Å²) in [4.78, 5) is 27.3. The minimum Gasteiger partial charge on any atom is -0.507 e. The predicted octanol–water partition coefficient (Wildman–Crippen LogP) is 2.67. The fourth-order valence-electron chi connectivity index (χ4n) is 3.83. The minimum absolute atomic E-state index is 0.104. The van der Waals surface area contributed by atoms with Crippen molar-refractivity contribution in [3.05, 3.63) is 89.5 Å². The van der Waals surface area contributed by atoms with Crippen molar-refractivity contribution < 1.29 is 33.0 Å². The molecule has 1 aliphatic rings. The number of aliphatic hydroxyl groups is 1. The van der Waals surface area contributed by atoms with Crippen molar-refractivity contribution in [2.75, 3.05) is 12.0 Å². The van der Waals surface area contributed by atoms with Crippen LogP contribution in [0.5, 0.6) is 11.5 Å². The summed E-state index contributed by atoms with van der Waals surface area (Å²) >= 11 is 0. The second kappa shape index (κ2) is 8.65. The molecule has 0 unspecified atom stereocenters. The van der Waals surface area contributed by atoms with Gasteiger partial charge >= 0.3 is 0 Å². The normalized spacial score (nSPS) is 17.7. The van der Waals surface area contributed by atoms with Crippen LogP contribution in [0.3, 0.4) is 0 Å². The van der Waals surface area contributed by atoms with Crippen LogP contribution in [-0.4, -0.2) is 37.4 Å². The quantitative estimate of drug-likeness (QED) is 0.289. The van der Waals surface area contributed by atoms with Crippen LogP contribution in [0.25, 0.3) is 5.76 Å². The number of carbonyl (C=O) groups excluding carboxylic acids is 2. The van der Waals surface area contributed by atoms with Crippen LogP contribution in [0.1, 0.15) is 17.2 Å². The number of aliphatic hydroxyl groups excluding tert-OH is 1. The maximum absolute atomic E-state index is 13.1. The van der Waals surface area contributed by atoms with Gasteiger partial charge in [0.05, 0.1) is 23.6 Å². The molecule has 1 atom stereocenters. The van der Waals surface area contributed by atoms with Gasteiger partial charge in [-0.3, -0.25) is 14.5 Å². The van der Waals surface area contributed by atoms with Gasteiger partial charge in [0, 0.05) is 11.3 Å². The number of nitrogens with two attached hydrogens (primary N) is 1. The van der Waals surface area contributed by atoms with Gasteiger partial charge in [0.25, 0.3) is 11.7 Å². The molecule has 1 amide bonds. The molecule has 174 valence electrons. The highest BCUT2D eigenvalue weighted by molar-refractivity contribution is 7.89. The Bertz CT molecular complexity index is 1420. The van der Waals surface area contributed by atoms with Crippen LogP contribution >= 0.6 is 0 Å². The fourth-order valence-corrected chi connectivity index (χ4v) is 4.34. The Morgan fingerprint density at radius 3 is 2.24 bits per heavy atom. The first-order chi connectivity index (χ1) is 16.1. The maximum atomic E-state index is 13.1. The summed E-state index contributed by atoms with van der Waals surface area (Å²) in [6.45, 7) is 0. The summed E-state index contributed by atoms with van der Waals surface area (Å²) in [5, 5.41) is 26.2. The number of hydrogen-bond donors (Lipinski definition) is 3. The van der Waals surface area contributed by atoms with Gasteiger partial charge in [-0.05, 0) is 42.0 Å². The zero-order valence-electron chi connectivity index (χ0n) is 17.9. The lowest BCUT2D eigenvalue weighted by atomic mass is 9.95. The number of phenolic OH excluding ortho intramolecular Hbond substituents is 1. The van der Waals surface area contributed by atoms with Crippen LogP contribution in [0, 0.1) is 0 Å². The number of phenols is 1. The number of nitrogens with zero attached hydrogens (tertiary/aromatic N) is 1. The monoisotopic (exact) mass is 480 g/mol. The molecule has 1 fully saturated rings. The molecule has 3 aromatic rings. The molecule has 0 spiro atoms. The third kappa shape index (κ3) is 4.00. The molecular weight excluding hydrogens is 460 g/mol. The average molecular weight is 480 g/mol. The number of sulfonamides is 1. The first-order valence-electron chi connectivity index (χ1n) is 9.99. The molecule has 34 heavy (non-hydrogen) atoms. The standard InChI is InChI=1S/C24H20N2O7S/c1-33-19-13-15(7-12-18(19)27)21-20(22(28)14-5-3-2-4-6-14)23(29)24(30)26(21)16-8-10-17(11-9-16)34(25,31)32/h2-13,21,27-28H,1H3,(H2,25,31,32)/t21-/m1/s1. The number of amides is 1. The number of rotatable bonds is 5. The Morgan fingerprint density at radius 1 is 1.00 bits per heavy atom. The van der Waals surface area contributed by atoms with Crippen molar-refractivity contribution in [2.24, 2.45) is 5.14 Å². The zero-order chi connectivity index (χ0) is 24.6. The zero-order valence-corrected chi connectivity index (χ0v) is 18.7. The molecule has 1 aliphatic heterocycles. The third-order valence-corrected chi connectivity index (χ3v) is 6.38. The number of Topliss-reactive ketones (excluding diaryl/α,β-unsaturated/α-hetero) is 1. The minimum atomic E-state index is -3.97. The van der Waals surface area contributed by atoms with E-state index in [0.29, 0.717) is 11.1 Å². The first-order valence-corrected chi connectivity index (χ1v) is 11.5. The van der Waals surface area contributed by atoms with Crippen molar-refractivity contribution in [2.45, 2.75) is 10.9 Å². The lowest BCUT2D eigenvalue weighted by molar-refractivity contribution is -0.132. The molecular formula is C24H20N2O7S. The van der Waals surface area contributed by atoms with E-state index >= 15 is 0 Å². The average Bonchev–Trinajstić information content (AvgIpc) is 3.09. The molecule has 9 nitrogen and oxygen atoms in total. The summed E-state index contributed by atoms with van der Waals surface area (Å²) in [7, 11) is -2.62. The molecule has 1 heterocycles. The van der Waals surface area contributed by atoms with Gasteiger partial charge < -0.3 is 14.9 Å². The predicted molar refractivity (Wildman–Crippen MR) is 124 cm³/mol. The largest absolute Gasteiger partial charge is 0.507 e. The van der Waals surface area contributed by atoms with E-state index in [-0.39, 0.29) is 33.4 Å². The number of hydrogen-bond acceptors (Lipinski definition) is 7. The van der Waals surface area contributed by atoms with Gasteiger partial charge in [-0.2, -0.15) is 0 Å². The van der Waals surface area contributed by atoms with E-state index in [0.717, 1.165) is 4.90 Å². The number of ketones is 1. The Morgan fingerprint density at radius 2 is 1.65 bits per heavy atom. The molecule has 4 rings (SSSR count). The van der Waals surface area contributed by atoms with Gasteiger partial charge in [0.15, 0.2) is 11.5 Å². The second-order valence-corrected chi connectivity index (χ2v) is 9.07. The molecule has 0 aliphatic carbocycles. The topological polar surface area (TPSA) is 147 Å². The molecule has 10 heteroatoms. The van der Waals surface area contributed by atoms with Crippen LogP contribution < -0.4 is 14.8 Å². The number of benzene rings is 3. The number of carbonyl (C=O) groups is 2. The molecule has 0 bridgehead atoms. The lowest BCUT2D eigenvalue weighted by Gasteiger charge is -2.26. The Kier molecular flexibility index (Phi) is 5.86. The van der Waals surface area contributed by atoms with Crippen LogP contribution in [0.4, 0.5) is 5.69 Å². The van der Waals surface area contributed by atoms with Gasteiger partial charge in [-0.15, -0.1) is 0 Å². The van der Waals surface area contributed by atoms with E-state index in [1.165, 1.54) is 49.6 Å². The molecule has 0 saturated carbocycles. The molecule has 1 saturated heterocycles. The van der Waals surface area contributed by atoms with Gasteiger partial charge in [-0.1, -0.05) is 36.4 Å². The smallest absolute Gasteiger partial charge is 0.300 e. The summed E-state index contributed by atoms with van der Waals surface area (Å²) in [5.74, 6) is -2.26. The summed E-state index contributed by atoms with van der Waals surface area (Å²) < 4.78 is 28.4. The van der Waals surface area contributed by atoms with E-state index in [1.54, 1.807) is 30.3 Å². The summed E-state index contributed by atoms with van der Waals surface area (Å²) in [6.07, 6.45) is 0. The molecule has 3 aromatic carbocycles. The number of ether oxygens (including phenoxy) is 1. The number of anilines is 1. The van der Waals surface area contributed by atoms with Crippen molar-refractivity contribution in [3.63, 3.8) is 0 Å². The Balaban J connectivity index is 1.95. The fraction of sp³-hybridized carbons (Fsp3) is 0.0833. The Hall–Kier alpha value is -4.15. The SMILES string of the molecule is COc1cc([C@@H]2C(=C(O)c3ccccc3)C(=O)C(=O)N2c2ccc(S(N)(=O)=O)cc2)ccc1O. The third-order valence-electron chi connectivity index (χ3n) is 5.45. The highest BCUT2D eigenvalue weighted by atomic mass is 32.2. The maximum Gasteiger partial charge on any atom is 0.300 e. The first kappa shape index (κ1) is 23.0. The van der Waals surface area contributed by atoms with Gasteiger partial charge in [0.2, 0.25) is 10.0 Å². The highest BCUT2D eigenvalue weighted by Crippen LogP contribution is 2.44. The molecule has 4 N–H and O–H groups in total. The van der Waals surface area contributed by atoms with E-state index in [4.69, 9.17) is 9.88 Å². The van der Waals surface area contributed by atoms with E-state index < -0.39 is 27.8 Å². The van der Waals surface area contributed by atoms with Crippen LogP contribution in [-0.2, 0) is 19.6 Å². The van der Waals surface area contributed by atoms with Crippen molar-refractivity contribution in [1.82, 2.24) is 0 Å². The lowest BCUT2D eigenvalue weighted by Crippen LogP contribution is -2.29. The van der Waals surface area contributed by atoms with Gasteiger partial charge in [-0.25, -0.2) is 13.6 Å². The van der Waals surface area contributed by atoms with Crippen molar-refractivity contribution in [1.29, 1.82) is 0 Å². The molecule has 0 radical (unpaired) electrons. The Labute approximate surface area is 195 Å². The van der Waals surface area contributed by atoms with Crippen molar-refractivity contribution >= 4 is 33.2 Å². The van der Waals surface area contributed by atoms with E-state index in [1.807, 2.05) is 0 Å². The van der Waals surface area contributed by atoms with Gasteiger partial charge in [0.1, 0.15) is 5.76 Å². The van der Waals surface area contributed by atoms with Crippen LogP contribution in [0.2, 0.25) is 0 Å². The van der Waals surface area contributed by atoms with Crippen LogP contribution in [0.15, 0.2) is 83.3 Å². The number of aromatic hydroxyl groups is 1. The summed E-state index contributed by atoms with van der Waals surface area (Å²) in [5.41, 5.74) is 0.751. The number of methoxy groups -OCH3 is 1. The number of primary sulfonamides is 1. The van der Waals surface area contributed by atoms with Crippen molar-refractivity contribution in [3.8, 4) is 11.5 Å². The van der Waals surface area contributed by atoms with E-state index in [9.17, 15) is 28.2 Å². The summed E-state index contributed by atoms with van der Waals surface area (Å²) in [6, 6.07) is 16.6.